The molecule has 1 fully saturated rings. The number of carbonyl (C=O) groups is 7. The first kappa shape index (κ1) is 47.7. The Morgan fingerprint density at radius 1 is 0.797 bits per heavy atom. The third-order valence-electron chi connectivity index (χ3n) is 9.07. The highest BCUT2D eigenvalue weighted by molar-refractivity contribution is 5.92. The van der Waals surface area contributed by atoms with Crippen molar-refractivity contribution >= 4 is 41.5 Å². The fourth-order valence-electron chi connectivity index (χ4n) is 5.91. The largest absolute Gasteiger partial charge is 0.445 e. The summed E-state index contributed by atoms with van der Waals surface area (Å²) in [5.74, 6) is -4.20. The van der Waals surface area contributed by atoms with Crippen molar-refractivity contribution in [2.24, 2.45) is 11.5 Å². The van der Waals surface area contributed by atoms with Gasteiger partial charge in [0.2, 0.25) is 35.4 Å². The van der Waals surface area contributed by atoms with Crippen LogP contribution in [0.3, 0.4) is 0 Å². The van der Waals surface area contributed by atoms with Crippen molar-refractivity contribution in [3.8, 4) is 0 Å². The predicted molar refractivity (Wildman–Crippen MR) is 208 cm³/mol. The summed E-state index contributed by atoms with van der Waals surface area (Å²) in [6, 6.07) is 13.5. The molecule has 0 saturated carbocycles. The average Bonchev–Trinajstić information content (AvgIpc) is 3.20. The maximum Gasteiger partial charge on any atom is 0.408 e. The number of primary amides is 2. The molecule has 0 aliphatic carbocycles. The molecule has 1 aliphatic rings. The van der Waals surface area contributed by atoms with E-state index < -0.39 is 104 Å². The highest BCUT2D eigenvalue weighted by Crippen LogP contribution is 2.25. The number of aliphatic hydroxyl groups is 2. The van der Waals surface area contributed by atoms with Gasteiger partial charge in [0.25, 0.3) is 0 Å². The van der Waals surface area contributed by atoms with E-state index in [0.29, 0.717) is 12.8 Å². The minimum absolute atomic E-state index is 0.0176. The zero-order valence-corrected chi connectivity index (χ0v) is 33.0. The summed E-state index contributed by atoms with van der Waals surface area (Å²) in [7, 11) is 0. The molecule has 20 heteroatoms. The van der Waals surface area contributed by atoms with Crippen LogP contribution >= 0.6 is 0 Å². The van der Waals surface area contributed by atoms with Gasteiger partial charge in [-0.1, -0.05) is 60.7 Å². The first-order valence-corrected chi connectivity index (χ1v) is 19.1. The van der Waals surface area contributed by atoms with Crippen LogP contribution in [0.4, 0.5) is 4.79 Å². The van der Waals surface area contributed by atoms with E-state index in [4.69, 9.17) is 30.4 Å². The number of hydrogen-bond acceptors (Lipinski definition) is 13. The smallest absolute Gasteiger partial charge is 0.408 e. The van der Waals surface area contributed by atoms with Crippen LogP contribution in [0.25, 0.3) is 0 Å². The van der Waals surface area contributed by atoms with Crippen LogP contribution in [0.1, 0.15) is 57.1 Å². The molecule has 1 saturated heterocycles. The van der Waals surface area contributed by atoms with Gasteiger partial charge in [-0.15, -0.1) is 0 Å². The quantitative estimate of drug-likeness (QED) is 0.0545. The lowest BCUT2D eigenvalue weighted by atomic mass is 9.96. The summed E-state index contributed by atoms with van der Waals surface area (Å²) in [6.07, 6.45) is -5.22. The van der Waals surface area contributed by atoms with E-state index in [-0.39, 0.29) is 39.0 Å². The Morgan fingerprint density at radius 2 is 1.41 bits per heavy atom. The summed E-state index contributed by atoms with van der Waals surface area (Å²) in [5.41, 5.74) is 12.4. The summed E-state index contributed by atoms with van der Waals surface area (Å²) in [4.78, 5) is 86.4. The number of hydrogen-bond donors (Lipinski definition) is 9. The van der Waals surface area contributed by atoms with Gasteiger partial charge in [-0.05, 0) is 43.7 Å². The second kappa shape index (κ2) is 25.0. The van der Waals surface area contributed by atoms with Crippen molar-refractivity contribution in [2.75, 3.05) is 19.8 Å². The number of nitrogens with one attached hydrogen (secondary N) is 5. The lowest BCUT2D eigenvalue weighted by molar-refractivity contribution is -0.279. The number of aliphatic hydroxyl groups excluding tert-OH is 2. The van der Waals surface area contributed by atoms with Gasteiger partial charge < -0.3 is 67.2 Å². The van der Waals surface area contributed by atoms with Crippen molar-refractivity contribution in [1.82, 2.24) is 26.6 Å². The van der Waals surface area contributed by atoms with Gasteiger partial charge in [0.15, 0.2) is 6.29 Å². The molecule has 3 unspecified atom stereocenters. The third-order valence-corrected chi connectivity index (χ3v) is 9.07. The van der Waals surface area contributed by atoms with Crippen LogP contribution in [0.15, 0.2) is 60.7 Å². The fourth-order valence-corrected chi connectivity index (χ4v) is 5.91. The van der Waals surface area contributed by atoms with Gasteiger partial charge in [0, 0.05) is 19.9 Å². The SMILES string of the molecule is CC(=O)N[C@H]1[C@@H](OCc2ccccc2)O[C@H](CO)[C@@H](O)[C@@H]1OCC(=O)NC(C)C(=O)NC(CCC(=O)NCCCCC(NC(=O)OCc1ccccc1)C(N)=O)C(N)=O. The van der Waals surface area contributed by atoms with Gasteiger partial charge in [0.05, 0.1) is 13.2 Å². The Labute approximate surface area is 341 Å². The van der Waals surface area contributed by atoms with E-state index in [1.54, 1.807) is 48.5 Å². The van der Waals surface area contributed by atoms with Crippen LogP contribution in [0, 0.1) is 0 Å². The molecule has 59 heavy (non-hydrogen) atoms. The molecule has 0 radical (unpaired) electrons. The molecule has 0 aromatic heterocycles. The number of rotatable bonds is 24. The highest BCUT2D eigenvalue weighted by atomic mass is 16.7. The van der Waals surface area contributed by atoms with Crippen molar-refractivity contribution in [3.63, 3.8) is 0 Å². The lowest BCUT2D eigenvalue weighted by Gasteiger charge is -2.44. The van der Waals surface area contributed by atoms with Gasteiger partial charge in [0.1, 0.15) is 55.7 Å². The molecule has 3 rings (SSSR count). The normalized spacial score (nSPS) is 20.2. The van der Waals surface area contributed by atoms with E-state index in [1.807, 2.05) is 12.1 Å². The minimum Gasteiger partial charge on any atom is -0.445 e. The maximum atomic E-state index is 12.9. The van der Waals surface area contributed by atoms with Crippen LogP contribution in [-0.4, -0.2) is 120 Å². The fraction of sp³-hybridized carbons (Fsp3) is 0.513. The van der Waals surface area contributed by atoms with Crippen LogP contribution in [0.5, 0.6) is 0 Å². The molecule has 20 nitrogen and oxygen atoms in total. The van der Waals surface area contributed by atoms with E-state index in [1.165, 1.54) is 13.8 Å². The molecular weight excluding hydrogens is 774 g/mol. The average molecular weight is 830 g/mol. The molecular formula is C39H55N7O13. The number of nitrogens with two attached hydrogens (primary N) is 2. The zero-order valence-electron chi connectivity index (χ0n) is 33.0. The Hall–Kier alpha value is -5.67. The number of ether oxygens (including phenoxy) is 4. The number of benzene rings is 2. The first-order chi connectivity index (χ1) is 28.2. The van der Waals surface area contributed by atoms with Crippen LogP contribution in [-0.2, 0) is 60.9 Å². The van der Waals surface area contributed by atoms with Gasteiger partial charge in [-0.3, -0.25) is 28.8 Å². The Morgan fingerprint density at radius 3 is 2.00 bits per heavy atom. The Kier molecular flexibility index (Phi) is 20.2. The van der Waals surface area contributed by atoms with Crippen LogP contribution < -0.4 is 38.1 Å². The summed E-state index contributed by atoms with van der Waals surface area (Å²) >= 11 is 0. The van der Waals surface area contributed by atoms with Crippen molar-refractivity contribution in [2.45, 2.75) is 108 Å². The van der Waals surface area contributed by atoms with E-state index in [9.17, 15) is 43.8 Å². The van der Waals surface area contributed by atoms with E-state index in [0.717, 1.165) is 11.1 Å². The molecule has 2 aromatic rings. The molecule has 11 N–H and O–H groups in total. The molecule has 0 bridgehead atoms. The number of unbranched alkanes of at least 4 members (excludes halogenated alkanes) is 1. The molecule has 0 spiro atoms. The van der Waals surface area contributed by atoms with Crippen molar-refractivity contribution in [3.05, 3.63) is 71.8 Å². The molecule has 7 amide bonds. The molecule has 2 aromatic carbocycles. The second-order valence-electron chi connectivity index (χ2n) is 13.8. The van der Waals surface area contributed by atoms with Gasteiger partial charge in [-0.25, -0.2) is 4.79 Å². The number of carbonyl (C=O) groups excluding carboxylic acids is 7. The van der Waals surface area contributed by atoms with Crippen LogP contribution in [0.2, 0.25) is 0 Å². The standard InChI is InChI=1S/C39H55N7O13/c1-23(43-31(50)22-56-34-32(44-24(2)48)38(59-29(19-47)33(34)51)57-20-25-11-5-3-6-12-25)37(54)45-28(36(41)53)16-17-30(49)42-18-10-9-15-27(35(40)52)46-39(55)58-21-26-13-7-4-8-14-26/h3-8,11-14,23,27-29,32-34,38,47,51H,9-10,15-22H2,1-2H3,(H2,40,52)(H2,41,53)(H,42,49)(H,43,50)(H,44,48)(H,45,54)(H,46,55)/t23?,27?,28?,29-,32-,33-,34-,38+/m1/s1. The summed E-state index contributed by atoms with van der Waals surface area (Å²) in [6.45, 7) is 1.53. The third kappa shape index (κ3) is 17.0. The zero-order chi connectivity index (χ0) is 43.3. The van der Waals surface area contributed by atoms with Crippen molar-refractivity contribution < 1.29 is 62.7 Å². The Balaban J connectivity index is 1.41. The first-order valence-electron chi connectivity index (χ1n) is 19.1. The number of amides is 7. The van der Waals surface area contributed by atoms with E-state index >= 15 is 0 Å². The minimum atomic E-state index is -1.49. The molecule has 1 aliphatic heterocycles. The summed E-state index contributed by atoms with van der Waals surface area (Å²) < 4.78 is 22.4. The van der Waals surface area contributed by atoms with Crippen molar-refractivity contribution in [1.29, 1.82) is 0 Å². The molecule has 8 atom stereocenters. The maximum absolute atomic E-state index is 12.9. The molecule has 324 valence electrons. The topological polar surface area (TPSA) is 309 Å². The monoisotopic (exact) mass is 829 g/mol. The highest BCUT2D eigenvalue weighted by Gasteiger charge is 2.47. The predicted octanol–water partition coefficient (Wildman–Crippen LogP) is -1.51. The van der Waals surface area contributed by atoms with E-state index in [2.05, 4.69) is 26.6 Å². The Bertz CT molecular complexity index is 1690. The number of alkyl carbamates (subject to hydrolysis) is 1. The van der Waals surface area contributed by atoms with Gasteiger partial charge >= 0.3 is 6.09 Å². The summed E-state index contributed by atoms with van der Waals surface area (Å²) in [5, 5.41) is 33.3. The molecule has 1 heterocycles. The van der Waals surface area contributed by atoms with Gasteiger partial charge in [-0.2, -0.15) is 0 Å². The second-order valence-corrected chi connectivity index (χ2v) is 13.8. The lowest BCUT2D eigenvalue weighted by Crippen LogP contribution is -2.65.